The van der Waals surface area contributed by atoms with E-state index in [1.54, 1.807) is 4.90 Å². The van der Waals surface area contributed by atoms with E-state index < -0.39 is 0 Å². The number of hydrogen-bond acceptors (Lipinski definition) is 2. The van der Waals surface area contributed by atoms with Gasteiger partial charge in [0.15, 0.2) is 0 Å². The Labute approximate surface area is 113 Å². The van der Waals surface area contributed by atoms with Crippen molar-refractivity contribution in [2.24, 2.45) is 0 Å². The number of para-hydroxylation sites is 1. The Balaban J connectivity index is 1.95. The van der Waals surface area contributed by atoms with E-state index in [-0.39, 0.29) is 18.2 Å². The zero-order chi connectivity index (χ0) is 13.8. The molecular weight excluding hydrogens is 240 g/mol. The molecule has 19 heavy (non-hydrogen) atoms. The highest BCUT2D eigenvalue weighted by Gasteiger charge is 2.20. The first-order valence-corrected chi connectivity index (χ1v) is 6.72. The van der Waals surface area contributed by atoms with Gasteiger partial charge in [0.25, 0.3) is 0 Å². The molecule has 1 saturated heterocycles. The Hall–Kier alpha value is -1.84. The van der Waals surface area contributed by atoms with E-state index in [1.165, 1.54) is 0 Å². The van der Waals surface area contributed by atoms with Crippen LogP contribution in [0.5, 0.6) is 0 Å². The van der Waals surface area contributed by atoms with Gasteiger partial charge in [0.05, 0.1) is 0 Å². The molecule has 0 unspecified atom stereocenters. The Bertz CT molecular complexity index is 471. The maximum absolute atomic E-state index is 11.9. The molecule has 1 aliphatic rings. The predicted molar refractivity (Wildman–Crippen MR) is 75.0 cm³/mol. The standard InChI is InChI=1S/C15H20N2O2/c1-11-6-5-7-12(2)15(11)16-13(18)10-14(19)17-8-3-4-9-17/h5-7H,3-4,8-10H2,1-2H3,(H,16,18). The minimum absolute atomic E-state index is 0.0617. The van der Waals surface area contributed by atoms with E-state index in [1.807, 2.05) is 32.0 Å². The zero-order valence-electron chi connectivity index (χ0n) is 11.5. The maximum atomic E-state index is 11.9. The van der Waals surface area contributed by atoms with Crippen LogP contribution in [0.3, 0.4) is 0 Å². The third-order valence-electron chi connectivity index (χ3n) is 3.52. The second kappa shape index (κ2) is 5.87. The number of carbonyl (C=O) groups is 2. The van der Waals surface area contributed by atoms with Crippen molar-refractivity contribution in [1.29, 1.82) is 0 Å². The lowest BCUT2D eigenvalue weighted by atomic mass is 10.1. The molecule has 4 nitrogen and oxygen atoms in total. The lowest BCUT2D eigenvalue weighted by molar-refractivity contribution is -0.133. The summed E-state index contributed by atoms with van der Waals surface area (Å²) in [6.07, 6.45) is 2.03. The summed E-state index contributed by atoms with van der Waals surface area (Å²) < 4.78 is 0. The molecule has 0 aromatic heterocycles. The molecule has 0 bridgehead atoms. The van der Waals surface area contributed by atoms with Gasteiger partial charge in [0, 0.05) is 18.8 Å². The largest absolute Gasteiger partial charge is 0.342 e. The minimum atomic E-state index is -0.228. The van der Waals surface area contributed by atoms with Gasteiger partial charge in [-0.1, -0.05) is 18.2 Å². The number of carbonyl (C=O) groups excluding carboxylic acids is 2. The van der Waals surface area contributed by atoms with Crippen molar-refractivity contribution in [3.63, 3.8) is 0 Å². The van der Waals surface area contributed by atoms with Crippen LogP contribution in [0, 0.1) is 13.8 Å². The highest BCUT2D eigenvalue weighted by atomic mass is 16.2. The number of likely N-dealkylation sites (tertiary alicyclic amines) is 1. The lowest BCUT2D eigenvalue weighted by Crippen LogP contribution is -2.31. The summed E-state index contributed by atoms with van der Waals surface area (Å²) in [5, 5.41) is 2.85. The number of hydrogen-bond donors (Lipinski definition) is 1. The van der Waals surface area contributed by atoms with E-state index in [0.717, 1.165) is 42.7 Å². The fourth-order valence-corrected chi connectivity index (χ4v) is 2.41. The molecule has 0 atom stereocenters. The molecule has 1 fully saturated rings. The van der Waals surface area contributed by atoms with Gasteiger partial charge in [-0.25, -0.2) is 0 Å². The summed E-state index contributed by atoms with van der Waals surface area (Å²) in [4.78, 5) is 25.6. The van der Waals surface area contributed by atoms with Crippen molar-refractivity contribution in [3.05, 3.63) is 29.3 Å². The Morgan fingerprint density at radius 3 is 2.32 bits per heavy atom. The zero-order valence-corrected chi connectivity index (χ0v) is 11.5. The average molecular weight is 260 g/mol. The van der Waals surface area contributed by atoms with Crippen LogP contribution in [-0.4, -0.2) is 29.8 Å². The average Bonchev–Trinajstić information content (AvgIpc) is 2.88. The number of aryl methyl sites for hydroxylation is 2. The molecule has 0 radical (unpaired) electrons. The number of benzene rings is 1. The van der Waals surface area contributed by atoms with Crippen LogP contribution in [0.25, 0.3) is 0 Å². The summed E-state index contributed by atoms with van der Waals surface area (Å²) in [6.45, 7) is 5.47. The van der Waals surface area contributed by atoms with Gasteiger partial charge in [-0.05, 0) is 37.8 Å². The smallest absolute Gasteiger partial charge is 0.233 e. The van der Waals surface area contributed by atoms with Crippen LogP contribution >= 0.6 is 0 Å². The van der Waals surface area contributed by atoms with Gasteiger partial charge in [0.1, 0.15) is 6.42 Å². The molecule has 0 saturated carbocycles. The molecule has 1 aromatic carbocycles. The summed E-state index contributed by atoms with van der Waals surface area (Å²) in [7, 11) is 0. The van der Waals surface area contributed by atoms with Crippen LogP contribution in [0.4, 0.5) is 5.69 Å². The van der Waals surface area contributed by atoms with Gasteiger partial charge >= 0.3 is 0 Å². The number of rotatable bonds is 3. The first-order valence-electron chi connectivity index (χ1n) is 6.72. The molecule has 1 heterocycles. The second-order valence-corrected chi connectivity index (χ2v) is 5.08. The van der Waals surface area contributed by atoms with Crippen molar-refractivity contribution in [1.82, 2.24) is 4.90 Å². The highest BCUT2D eigenvalue weighted by Crippen LogP contribution is 2.19. The molecule has 1 aromatic rings. The molecule has 102 valence electrons. The topological polar surface area (TPSA) is 49.4 Å². The quantitative estimate of drug-likeness (QED) is 0.847. The normalized spacial score (nSPS) is 14.5. The van der Waals surface area contributed by atoms with Crippen LogP contribution in [0.2, 0.25) is 0 Å². The van der Waals surface area contributed by atoms with E-state index in [4.69, 9.17) is 0 Å². The molecule has 0 aliphatic carbocycles. The monoisotopic (exact) mass is 260 g/mol. The molecule has 1 N–H and O–H groups in total. The third-order valence-corrected chi connectivity index (χ3v) is 3.52. The third kappa shape index (κ3) is 3.34. The van der Waals surface area contributed by atoms with Crippen molar-refractivity contribution < 1.29 is 9.59 Å². The lowest BCUT2D eigenvalue weighted by Gasteiger charge is -2.16. The molecule has 0 spiro atoms. The summed E-state index contributed by atoms with van der Waals surface area (Å²) >= 11 is 0. The molecule has 1 aliphatic heterocycles. The summed E-state index contributed by atoms with van der Waals surface area (Å²) in [5.41, 5.74) is 2.85. The van der Waals surface area contributed by atoms with Gasteiger partial charge in [-0.15, -0.1) is 0 Å². The van der Waals surface area contributed by atoms with Gasteiger partial charge in [-0.3, -0.25) is 9.59 Å². The first-order chi connectivity index (χ1) is 9.08. The van der Waals surface area contributed by atoms with E-state index in [2.05, 4.69) is 5.32 Å². The Morgan fingerprint density at radius 1 is 1.16 bits per heavy atom. The van der Waals surface area contributed by atoms with Gasteiger partial charge in [-0.2, -0.15) is 0 Å². The van der Waals surface area contributed by atoms with Crippen LogP contribution in [0.1, 0.15) is 30.4 Å². The second-order valence-electron chi connectivity index (χ2n) is 5.08. The van der Waals surface area contributed by atoms with E-state index >= 15 is 0 Å². The van der Waals surface area contributed by atoms with Crippen LogP contribution in [0.15, 0.2) is 18.2 Å². The Kier molecular flexibility index (Phi) is 4.20. The van der Waals surface area contributed by atoms with Gasteiger partial charge < -0.3 is 10.2 Å². The molecule has 4 heteroatoms. The fraction of sp³-hybridized carbons (Fsp3) is 0.467. The van der Waals surface area contributed by atoms with E-state index in [9.17, 15) is 9.59 Å². The number of nitrogens with one attached hydrogen (secondary N) is 1. The van der Waals surface area contributed by atoms with Gasteiger partial charge in [0.2, 0.25) is 11.8 Å². The molecule has 2 rings (SSSR count). The minimum Gasteiger partial charge on any atom is -0.342 e. The van der Waals surface area contributed by atoms with Crippen LogP contribution < -0.4 is 5.32 Å². The van der Waals surface area contributed by atoms with Crippen molar-refractivity contribution in [2.75, 3.05) is 18.4 Å². The predicted octanol–water partition coefficient (Wildman–Crippen LogP) is 2.25. The first kappa shape index (κ1) is 13.6. The molecular formula is C15H20N2O2. The highest BCUT2D eigenvalue weighted by molar-refractivity contribution is 6.04. The van der Waals surface area contributed by atoms with Crippen molar-refractivity contribution in [3.8, 4) is 0 Å². The maximum Gasteiger partial charge on any atom is 0.233 e. The Morgan fingerprint density at radius 2 is 1.74 bits per heavy atom. The number of nitrogens with zero attached hydrogens (tertiary/aromatic N) is 1. The van der Waals surface area contributed by atoms with E-state index in [0.29, 0.717) is 0 Å². The van der Waals surface area contributed by atoms with Crippen molar-refractivity contribution >= 4 is 17.5 Å². The molecule has 2 amide bonds. The fourth-order valence-electron chi connectivity index (χ4n) is 2.41. The summed E-state index contributed by atoms with van der Waals surface area (Å²) in [5.74, 6) is -0.296. The number of anilines is 1. The SMILES string of the molecule is Cc1cccc(C)c1NC(=O)CC(=O)N1CCCC1. The number of amides is 2. The van der Waals surface area contributed by atoms with Crippen molar-refractivity contribution in [2.45, 2.75) is 33.1 Å². The van der Waals surface area contributed by atoms with Crippen LogP contribution in [-0.2, 0) is 9.59 Å². The summed E-state index contributed by atoms with van der Waals surface area (Å²) in [6, 6.07) is 5.85.